The Morgan fingerprint density at radius 3 is 1.21 bits per heavy atom. The maximum atomic E-state index is 12.4. The summed E-state index contributed by atoms with van der Waals surface area (Å²) in [6, 6.07) is 0. The fourth-order valence-electron chi connectivity index (χ4n) is 5.35. The van der Waals surface area contributed by atoms with Crippen LogP contribution in [-0.2, 0) is 19.1 Å². The lowest BCUT2D eigenvalue weighted by atomic mass is 10.0. The first-order valence-corrected chi connectivity index (χ1v) is 17.5. The minimum atomic E-state index is -0.332. The van der Waals surface area contributed by atoms with E-state index < -0.39 is 0 Å². The molecular formula is C35H68O4. The molecule has 1 atom stereocenters. The molecule has 0 aromatic heterocycles. The Kier molecular flexibility index (Phi) is 30.6. The summed E-state index contributed by atoms with van der Waals surface area (Å²) >= 11 is 0. The molecule has 0 aliphatic carbocycles. The van der Waals surface area contributed by atoms with E-state index in [1.54, 1.807) is 0 Å². The highest BCUT2D eigenvalue weighted by Gasteiger charge is 2.19. The molecule has 0 saturated carbocycles. The fraction of sp³-hybridized carbons (Fsp3) is 0.943. The van der Waals surface area contributed by atoms with Crippen LogP contribution in [-0.4, -0.2) is 24.6 Å². The molecule has 4 nitrogen and oxygen atoms in total. The molecule has 0 amide bonds. The van der Waals surface area contributed by atoms with Crippen LogP contribution in [0.1, 0.15) is 201 Å². The van der Waals surface area contributed by atoms with Gasteiger partial charge in [0.05, 0.1) is 13.0 Å². The van der Waals surface area contributed by atoms with E-state index in [4.69, 9.17) is 9.47 Å². The average Bonchev–Trinajstić information content (AvgIpc) is 2.92. The summed E-state index contributed by atoms with van der Waals surface area (Å²) < 4.78 is 10.9. The third-order valence-corrected chi connectivity index (χ3v) is 7.86. The van der Waals surface area contributed by atoms with Gasteiger partial charge in [-0.25, -0.2) is 0 Å². The summed E-state index contributed by atoms with van der Waals surface area (Å²) in [5.74, 6) is -0.401. The van der Waals surface area contributed by atoms with Crippen LogP contribution in [0.5, 0.6) is 0 Å². The smallest absolute Gasteiger partial charge is 0.309 e. The van der Waals surface area contributed by atoms with Gasteiger partial charge in [-0.1, -0.05) is 162 Å². The zero-order valence-electron chi connectivity index (χ0n) is 26.7. The van der Waals surface area contributed by atoms with Gasteiger partial charge in [0.1, 0.15) is 6.10 Å². The molecule has 0 rings (SSSR count). The third kappa shape index (κ3) is 29.7. The van der Waals surface area contributed by atoms with Gasteiger partial charge in [-0.2, -0.15) is 0 Å². The first-order valence-electron chi connectivity index (χ1n) is 17.5. The van der Waals surface area contributed by atoms with Gasteiger partial charge in [0.25, 0.3) is 0 Å². The summed E-state index contributed by atoms with van der Waals surface area (Å²) in [5.41, 5.74) is 0. The molecule has 0 aliphatic heterocycles. The molecule has 0 heterocycles. The molecule has 0 N–H and O–H groups in total. The minimum absolute atomic E-state index is 0.147. The van der Waals surface area contributed by atoms with Crippen LogP contribution in [0, 0.1) is 0 Å². The second kappa shape index (κ2) is 31.5. The van der Waals surface area contributed by atoms with Crippen molar-refractivity contribution in [2.24, 2.45) is 0 Å². The molecule has 0 saturated heterocycles. The molecule has 0 aromatic carbocycles. The lowest BCUT2D eigenvalue weighted by Crippen LogP contribution is -2.23. The Morgan fingerprint density at radius 2 is 0.821 bits per heavy atom. The van der Waals surface area contributed by atoms with Crippen molar-refractivity contribution < 1.29 is 19.1 Å². The molecule has 0 radical (unpaired) electrons. The van der Waals surface area contributed by atoms with Gasteiger partial charge < -0.3 is 9.47 Å². The molecule has 232 valence electrons. The van der Waals surface area contributed by atoms with Crippen LogP contribution >= 0.6 is 0 Å². The Bertz CT molecular complexity index is 519. The number of unbranched alkanes of at least 4 members (excludes halogenated alkanes) is 23. The van der Waals surface area contributed by atoms with Crippen LogP contribution in [0.2, 0.25) is 0 Å². The number of carbonyl (C=O) groups excluding carboxylic acids is 2. The molecule has 0 bridgehead atoms. The second-order valence-electron chi connectivity index (χ2n) is 11.8. The van der Waals surface area contributed by atoms with E-state index in [1.165, 1.54) is 135 Å². The maximum absolute atomic E-state index is 12.4. The number of esters is 2. The molecule has 0 fully saturated rings. The van der Waals surface area contributed by atoms with Crippen LogP contribution in [0.25, 0.3) is 0 Å². The Morgan fingerprint density at radius 1 is 0.462 bits per heavy atom. The van der Waals surface area contributed by atoms with Crippen molar-refractivity contribution in [2.75, 3.05) is 6.61 Å². The molecule has 0 aliphatic rings. The van der Waals surface area contributed by atoms with E-state index in [0.29, 0.717) is 13.0 Å². The number of hydrogen-bond acceptors (Lipinski definition) is 4. The van der Waals surface area contributed by atoms with Gasteiger partial charge >= 0.3 is 11.9 Å². The monoisotopic (exact) mass is 553 g/mol. The van der Waals surface area contributed by atoms with Crippen molar-refractivity contribution in [3.05, 3.63) is 0 Å². The van der Waals surface area contributed by atoms with Crippen molar-refractivity contribution >= 4 is 11.9 Å². The van der Waals surface area contributed by atoms with E-state index in [0.717, 1.165) is 32.1 Å². The highest BCUT2D eigenvalue weighted by molar-refractivity contribution is 5.72. The highest BCUT2D eigenvalue weighted by Crippen LogP contribution is 2.17. The second-order valence-corrected chi connectivity index (χ2v) is 11.8. The summed E-state index contributed by atoms with van der Waals surface area (Å²) in [6.45, 7) is 6.73. The van der Waals surface area contributed by atoms with Gasteiger partial charge in [0.15, 0.2) is 0 Å². The van der Waals surface area contributed by atoms with Crippen molar-refractivity contribution in [2.45, 2.75) is 207 Å². The van der Waals surface area contributed by atoms with E-state index in [9.17, 15) is 9.59 Å². The molecule has 4 heteroatoms. The van der Waals surface area contributed by atoms with E-state index in [2.05, 4.69) is 13.8 Å². The summed E-state index contributed by atoms with van der Waals surface area (Å²) in [5, 5.41) is 0. The van der Waals surface area contributed by atoms with Crippen LogP contribution in [0.4, 0.5) is 0 Å². The number of carbonyl (C=O) groups is 2. The van der Waals surface area contributed by atoms with Crippen molar-refractivity contribution in [1.29, 1.82) is 0 Å². The minimum Gasteiger partial charge on any atom is -0.466 e. The number of ether oxygens (including phenoxy) is 2. The van der Waals surface area contributed by atoms with Crippen LogP contribution in [0.15, 0.2) is 0 Å². The van der Waals surface area contributed by atoms with Gasteiger partial charge in [0.2, 0.25) is 0 Å². The van der Waals surface area contributed by atoms with E-state index >= 15 is 0 Å². The lowest BCUT2D eigenvalue weighted by molar-refractivity contribution is -0.155. The predicted octanol–water partition coefficient (Wildman–Crippen LogP) is 11.4. The largest absolute Gasteiger partial charge is 0.466 e. The van der Waals surface area contributed by atoms with Gasteiger partial charge in [0, 0.05) is 6.42 Å². The van der Waals surface area contributed by atoms with Gasteiger partial charge in [-0.15, -0.1) is 0 Å². The maximum Gasteiger partial charge on any atom is 0.309 e. The SMILES string of the molecule is CCCCCCCCCCCCCCCC(=O)OC(CCCCCCCCCCCCCC)CC(=O)OCC. The zero-order chi connectivity index (χ0) is 28.7. The lowest BCUT2D eigenvalue weighted by Gasteiger charge is -2.17. The summed E-state index contributed by atoms with van der Waals surface area (Å²) in [6.07, 6.45) is 33.5. The van der Waals surface area contributed by atoms with Crippen molar-refractivity contribution in [1.82, 2.24) is 0 Å². The first-order chi connectivity index (χ1) is 19.1. The Labute approximate surface area is 244 Å². The van der Waals surface area contributed by atoms with Gasteiger partial charge in [-0.05, 0) is 26.2 Å². The standard InChI is InChI=1S/C35H68O4/c1-4-7-9-11-13-15-17-19-21-23-25-27-29-31-34(36)39-33(32-35(37)38-6-3)30-28-26-24-22-20-18-16-14-12-10-8-5-2/h33H,4-32H2,1-3H3. The molecule has 39 heavy (non-hydrogen) atoms. The molecular weight excluding hydrogens is 484 g/mol. The van der Waals surface area contributed by atoms with Crippen LogP contribution in [0.3, 0.4) is 0 Å². The molecule has 1 unspecified atom stereocenters. The Hall–Kier alpha value is -1.06. The average molecular weight is 553 g/mol. The Balaban J connectivity index is 3.85. The topological polar surface area (TPSA) is 52.6 Å². The van der Waals surface area contributed by atoms with Crippen molar-refractivity contribution in [3.8, 4) is 0 Å². The summed E-state index contributed by atoms with van der Waals surface area (Å²) in [4.78, 5) is 24.5. The van der Waals surface area contributed by atoms with E-state index in [-0.39, 0.29) is 24.5 Å². The van der Waals surface area contributed by atoms with Crippen molar-refractivity contribution in [3.63, 3.8) is 0 Å². The zero-order valence-corrected chi connectivity index (χ0v) is 26.7. The number of rotatable bonds is 31. The predicted molar refractivity (Wildman–Crippen MR) is 167 cm³/mol. The van der Waals surface area contributed by atoms with E-state index in [1.807, 2.05) is 6.92 Å². The molecule has 0 spiro atoms. The number of hydrogen-bond donors (Lipinski definition) is 0. The highest BCUT2D eigenvalue weighted by atomic mass is 16.6. The van der Waals surface area contributed by atoms with Gasteiger partial charge in [-0.3, -0.25) is 9.59 Å². The normalized spacial score (nSPS) is 12.0. The first kappa shape index (κ1) is 37.9. The fourth-order valence-corrected chi connectivity index (χ4v) is 5.35. The quantitative estimate of drug-likeness (QED) is 0.0634. The third-order valence-electron chi connectivity index (χ3n) is 7.86. The van der Waals surface area contributed by atoms with Crippen LogP contribution < -0.4 is 0 Å². The summed E-state index contributed by atoms with van der Waals surface area (Å²) in [7, 11) is 0. The molecule has 0 aromatic rings.